The van der Waals surface area contributed by atoms with Crippen molar-refractivity contribution in [2.45, 2.75) is 31.4 Å². The van der Waals surface area contributed by atoms with Crippen LogP contribution in [0.5, 0.6) is 5.75 Å². The summed E-state index contributed by atoms with van der Waals surface area (Å²) < 4.78 is 10.0. The molecule has 4 rings (SSSR count). The first kappa shape index (κ1) is 24.7. The zero-order chi connectivity index (χ0) is 24.3. The standard InChI is InChI=1S/C22H25IN6O4S/c1-28-20(32)18(30)17(27-21(28)22(6-3-7-22)33-8-9-34-2)19(31)25-11-14-4-5-15(23)10-16(14)29-13-24-12-26-29/h4-5,10,12-13,30H,3,6-9,11H2,1-2H3,(H,25,31). The third-order valence-electron chi connectivity index (χ3n) is 5.87. The molecule has 2 heterocycles. The molecule has 0 bridgehead atoms. The van der Waals surface area contributed by atoms with Crippen LogP contribution in [0.15, 0.2) is 35.6 Å². The molecule has 1 saturated carbocycles. The highest BCUT2D eigenvalue weighted by Gasteiger charge is 2.44. The summed E-state index contributed by atoms with van der Waals surface area (Å²) in [5.41, 5.74) is -0.137. The number of aromatic nitrogens is 5. The molecule has 12 heteroatoms. The fourth-order valence-corrected chi connectivity index (χ4v) is 4.62. The summed E-state index contributed by atoms with van der Waals surface area (Å²) in [5.74, 6) is -0.143. The molecule has 0 spiro atoms. The Morgan fingerprint density at radius 2 is 2.18 bits per heavy atom. The molecule has 1 aromatic carbocycles. The minimum Gasteiger partial charge on any atom is -0.501 e. The van der Waals surface area contributed by atoms with Gasteiger partial charge in [0.15, 0.2) is 5.69 Å². The molecular weight excluding hydrogens is 571 g/mol. The minimum absolute atomic E-state index is 0.145. The molecule has 0 aliphatic heterocycles. The van der Waals surface area contributed by atoms with E-state index in [0.29, 0.717) is 25.3 Å². The van der Waals surface area contributed by atoms with Gasteiger partial charge in [-0.25, -0.2) is 14.6 Å². The van der Waals surface area contributed by atoms with Crippen molar-refractivity contribution in [2.24, 2.45) is 7.05 Å². The Kier molecular flexibility index (Phi) is 7.57. The first-order valence-corrected chi connectivity index (χ1v) is 13.2. The van der Waals surface area contributed by atoms with Gasteiger partial charge in [-0.3, -0.25) is 14.2 Å². The third-order valence-corrected chi connectivity index (χ3v) is 7.11. The number of hydrogen-bond donors (Lipinski definition) is 2. The van der Waals surface area contributed by atoms with Crippen LogP contribution in [0.3, 0.4) is 0 Å². The summed E-state index contributed by atoms with van der Waals surface area (Å²) in [6, 6.07) is 5.72. The number of carbonyl (C=O) groups is 1. The molecule has 0 radical (unpaired) electrons. The van der Waals surface area contributed by atoms with E-state index in [4.69, 9.17) is 4.74 Å². The van der Waals surface area contributed by atoms with Crippen molar-refractivity contribution < 1.29 is 14.6 Å². The number of thioether (sulfide) groups is 1. The van der Waals surface area contributed by atoms with Crippen LogP contribution in [-0.2, 0) is 23.9 Å². The first-order chi connectivity index (χ1) is 16.4. The third kappa shape index (κ3) is 4.84. The van der Waals surface area contributed by atoms with E-state index >= 15 is 0 Å². The van der Waals surface area contributed by atoms with Crippen molar-refractivity contribution in [2.75, 3.05) is 18.6 Å². The van der Waals surface area contributed by atoms with Crippen molar-refractivity contribution >= 4 is 40.3 Å². The van der Waals surface area contributed by atoms with Gasteiger partial charge in [0.1, 0.15) is 24.1 Å². The lowest BCUT2D eigenvalue weighted by atomic mass is 9.79. The lowest BCUT2D eigenvalue weighted by Gasteiger charge is -2.41. The van der Waals surface area contributed by atoms with Gasteiger partial charge in [0.05, 0.1) is 12.3 Å². The van der Waals surface area contributed by atoms with Gasteiger partial charge in [0.25, 0.3) is 11.5 Å². The largest absolute Gasteiger partial charge is 0.501 e. The molecule has 0 atom stereocenters. The maximum Gasteiger partial charge on any atom is 0.296 e. The molecule has 2 N–H and O–H groups in total. The molecule has 34 heavy (non-hydrogen) atoms. The summed E-state index contributed by atoms with van der Waals surface area (Å²) in [6.07, 6.45) is 7.36. The van der Waals surface area contributed by atoms with Crippen LogP contribution in [0.2, 0.25) is 0 Å². The first-order valence-electron chi connectivity index (χ1n) is 10.7. The van der Waals surface area contributed by atoms with Gasteiger partial charge < -0.3 is 15.2 Å². The average molecular weight is 596 g/mol. The van der Waals surface area contributed by atoms with Crippen molar-refractivity contribution in [1.29, 1.82) is 0 Å². The number of rotatable bonds is 9. The summed E-state index contributed by atoms with van der Waals surface area (Å²) in [7, 11) is 1.54. The molecule has 1 aliphatic carbocycles. The Morgan fingerprint density at radius 1 is 1.38 bits per heavy atom. The van der Waals surface area contributed by atoms with Crippen LogP contribution in [0.25, 0.3) is 5.69 Å². The predicted molar refractivity (Wildman–Crippen MR) is 136 cm³/mol. The Balaban J connectivity index is 1.61. The van der Waals surface area contributed by atoms with E-state index in [2.05, 4.69) is 43.0 Å². The second-order valence-corrected chi connectivity index (χ2v) is 10.2. The quantitative estimate of drug-likeness (QED) is 0.285. The van der Waals surface area contributed by atoms with Crippen molar-refractivity contribution in [1.82, 2.24) is 29.6 Å². The molecule has 0 saturated heterocycles. The number of carbonyl (C=O) groups excluding carboxylic acids is 1. The highest BCUT2D eigenvalue weighted by Crippen LogP contribution is 2.43. The van der Waals surface area contributed by atoms with Gasteiger partial charge in [0, 0.05) is 22.9 Å². The van der Waals surface area contributed by atoms with Crippen molar-refractivity contribution in [3.05, 3.63) is 61.9 Å². The maximum atomic E-state index is 13.1. The van der Waals surface area contributed by atoms with Gasteiger partial charge in [0.2, 0.25) is 5.75 Å². The Labute approximate surface area is 214 Å². The Morgan fingerprint density at radius 3 is 2.82 bits per heavy atom. The highest BCUT2D eigenvalue weighted by molar-refractivity contribution is 14.1. The SMILES string of the molecule is CSCCOC1(c2nc(C(=O)NCc3ccc(I)cc3-n3cncn3)c(O)c(=O)n2C)CCC1. The van der Waals surface area contributed by atoms with Crippen molar-refractivity contribution in [3.63, 3.8) is 0 Å². The van der Waals surface area contributed by atoms with Crippen LogP contribution in [-0.4, -0.2) is 53.9 Å². The van der Waals surface area contributed by atoms with Crippen molar-refractivity contribution in [3.8, 4) is 11.4 Å². The van der Waals surface area contributed by atoms with E-state index < -0.39 is 22.8 Å². The second kappa shape index (κ2) is 10.4. The van der Waals surface area contributed by atoms with E-state index in [0.717, 1.165) is 27.0 Å². The average Bonchev–Trinajstić information content (AvgIpc) is 3.34. The zero-order valence-electron chi connectivity index (χ0n) is 18.8. The van der Waals surface area contributed by atoms with E-state index in [1.165, 1.54) is 10.9 Å². The van der Waals surface area contributed by atoms with Gasteiger partial charge in [-0.05, 0) is 65.8 Å². The normalized spacial score (nSPS) is 14.6. The minimum atomic E-state index is -0.719. The lowest BCUT2D eigenvalue weighted by Crippen LogP contribution is -2.44. The second-order valence-electron chi connectivity index (χ2n) is 7.98. The topological polar surface area (TPSA) is 124 Å². The number of benzene rings is 1. The molecule has 1 fully saturated rings. The number of halogens is 1. The van der Waals surface area contributed by atoms with E-state index in [9.17, 15) is 14.7 Å². The fourth-order valence-electron chi connectivity index (χ4n) is 3.90. The number of amides is 1. The van der Waals surface area contributed by atoms with Crippen LogP contribution >= 0.6 is 34.4 Å². The zero-order valence-corrected chi connectivity index (χ0v) is 21.8. The van der Waals surface area contributed by atoms with E-state index in [1.807, 2.05) is 24.5 Å². The fraction of sp³-hybridized carbons (Fsp3) is 0.409. The Bertz CT molecular complexity index is 1240. The molecule has 10 nitrogen and oxygen atoms in total. The number of nitrogens with one attached hydrogen (secondary N) is 1. The molecular formula is C22H25IN6O4S. The van der Waals surface area contributed by atoms with Crippen LogP contribution in [0.4, 0.5) is 0 Å². The Hall–Kier alpha value is -2.45. The monoisotopic (exact) mass is 596 g/mol. The summed E-state index contributed by atoms with van der Waals surface area (Å²) >= 11 is 3.87. The van der Waals surface area contributed by atoms with E-state index in [1.54, 1.807) is 29.8 Å². The molecule has 3 aromatic rings. The van der Waals surface area contributed by atoms with Gasteiger partial charge in [-0.2, -0.15) is 16.9 Å². The molecule has 1 amide bonds. The number of nitrogens with zero attached hydrogens (tertiary/aromatic N) is 5. The molecule has 0 unspecified atom stereocenters. The summed E-state index contributed by atoms with van der Waals surface area (Å²) in [4.78, 5) is 34.2. The molecule has 180 valence electrons. The number of aromatic hydroxyl groups is 1. The van der Waals surface area contributed by atoms with Crippen LogP contribution in [0.1, 0.15) is 41.1 Å². The predicted octanol–water partition coefficient (Wildman–Crippen LogP) is 2.36. The summed E-state index contributed by atoms with van der Waals surface area (Å²) in [6.45, 7) is 0.656. The van der Waals surface area contributed by atoms with Gasteiger partial charge in [-0.1, -0.05) is 6.07 Å². The van der Waals surface area contributed by atoms with Gasteiger partial charge in [-0.15, -0.1) is 0 Å². The smallest absolute Gasteiger partial charge is 0.296 e. The van der Waals surface area contributed by atoms with Gasteiger partial charge >= 0.3 is 0 Å². The van der Waals surface area contributed by atoms with E-state index in [-0.39, 0.29) is 12.2 Å². The number of ether oxygens (including phenoxy) is 1. The number of hydrogen-bond acceptors (Lipinski definition) is 8. The summed E-state index contributed by atoms with van der Waals surface area (Å²) in [5, 5.41) is 17.4. The molecule has 1 aliphatic rings. The molecule has 2 aromatic heterocycles. The lowest BCUT2D eigenvalue weighted by molar-refractivity contribution is -0.109. The van der Waals surface area contributed by atoms with Crippen LogP contribution in [0, 0.1) is 3.57 Å². The van der Waals surface area contributed by atoms with Crippen LogP contribution < -0.4 is 10.9 Å². The maximum absolute atomic E-state index is 13.1. The highest BCUT2D eigenvalue weighted by atomic mass is 127.